The van der Waals surface area contributed by atoms with E-state index in [9.17, 15) is 0 Å². The molecule has 2 rings (SSSR count). The molecule has 1 aromatic carbocycles. The van der Waals surface area contributed by atoms with E-state index in [0.717, 1.165) is 10.9 Å². The van der Waals surface area contributed by atoms with Crippen molar-refractivity contribution in [3.63, 3.8) is 0 Å². The summed E-state index contributed by atoms with van der Waals surface area (Å²) in [6.07, 6.45) is 1.75. The van der Waals surface area contributed by atoms with Crippen molar-refractivity contribution in [2.45, 2.75) is 0 Å². The number of fused-ring (bicyclic) bond motifs is 1. The molecule has 0 aliphatic rings. The maximum absolute atomic E-state index is 5.48. The quantitative estimate of drug-likeness (QED) is 0.525. The molecule has 0 aliphatic heterocycles. The van der Waals surface area contributed by atoms with Crippen LogP contribution in [0.15, 0.2) is 30.5 Å². The van der Waals surface area contributed by atoms with E-state index in [1.807, 2.05) is 24.3 Å². The van der Waals surface area contributed by atoms with Gasteiger partial charge in [0.15, 0.2) is 0 Å². The molecule has 47 valence electrons. The molecule has 0 aliphatic carbocycles. The monoisotopic (exact) mass is 167 g/mol. The van der Waals surface area contributed by atoms with Crippen molar-refractivity contribution in [3.8, 4) is 0 Å². The van der Waals surface area contributed by atoms with Crippen LogP contribution in [0.5, 0.6) is 0 Å². The van der Waals surface area contributed by atoms with Crippen molar-refractivity contribution in [3.05, 3.63) is 30.5 Å². The van der Waals surface area contributed by atoms with E-state index in [2.05, 4.69) is 5.10 Å². The maximum Gasteiger partial charge on any atom is 0.265 e. The summed E-state index contributed by atoms with van der Waals surface area (Å²) >= 11 is 0. The minimum atomic E-state index is 0. The van der Waals surface area contributed by atoms with E-state index in [-0.39, 0.29) is 51.4 Å². The molecule has 0 saturated carbocycles. The van der Waals surface area contributed by atoms with Crippen LogP contribution >= 0.6 is 0 Å². The van der Waals surface area contributed by atoms with E-state index < -0.39 is 0 Å². The zero-order valence-electron chi connectivity index (χ0n) is 6.36. The number of hydrogen-bond acceptors (Lipinski definition) is 1. The molecule has 0 unspecified atom stereocenters. The first-order valence-electron chi connectivity index (χ1n) is 3.06. The zero-order valence-corrected chi connectivity index (χ0v) is 9.48. The Hall–Kier alpha value is 0.391. The van der Waals surface area contributed by atoms with Crippen LogP contribution in [0.4, 0.5) is 0 Å². The molecule has 4 heteroatoms. The SMILES string of the molecule is [B]n1ncc2ccccc21.[K]. The van der Waals surface area contributed by atoms with Gasteiger partial charge in [0, 0.05) is 56.8 Å². The Bertz CT molecular complexity index is 358. The number of para-hydroxylation sites is 1. The average Bonchev–Trinajstić information content (AvgIpc) is 2.34. The summed E-state index contributed by atoms with van der Waals surface area (Å²) in [4.78, 5) is 0. The third kappa shape index (κ3) is 1.76. The maximum atomic E-state index is 5.48. The number of aromatic nitrogens is 2. The predicted molar refractivity (Wildman–Crippen MR) is 46.6 cm³/mol. The fraction of sp³-hybridized carbons (Fsp3) is 0. The van der Waals surface area contributed by atoms with Crippen LogP contribution in [-0.2, 0) is 0 Å². The summed E-state index contributed by atoms with van der Waals surface area (Å²) in [5, 5.41) is 4.96. The first-order valence-corrected chi connectivity index (χ1v) is 3.06. The Balaban J connectivity index is 0.000000605. The smallest absolute Gasteiger partial charge is 0.265 e. The molecular weight excluding hydrogens is 162 g/mol. The largest absolute Gasteiger partial charge is 0.324 e. The van der Waals surface area contributed by atoms with Gasteiger partial charge in [-0.2, -0.15) is 5.10 Å². The Kier molecular flexibility index (Phi) is 3.33. The van der Waals surface area contributed by atoms with E-state index in [1.54, 1.807) is 6.20 Å². The fourth-order valence-corrected chi connectivity index (χ4v) is 0.992. The number of rotatable bonds is 0. The fourth-order valence-electron chi connectivity index (χ4n) is 0.992. The predicted octanol–water partition coefficient (Wildman–Crippen LogP) is 0.587. The second kappa shape index (κ2) is 3.87. The van der Waals surface area contributed by atoms with Crippen molar-refractivity contribution in [2.75, 3.05) is 0 Å². The third-order valence-electron chi connectivity index (χ3n) is 1.50. The molecule has 1 heterocycles. The molecule has 0 amide bonds. The standard InChI is InChI=1S/C7H5BN2.K/c8-10-7-4-2-1-3-6(7)5-9-10;/h1-5H;. The second-order valence-corrected chi connectivity index (χ2v) is 2.15. The first kappa shape index (κ1) is 9.48. The van der Waals surface area contributed by atoms with Gasteiger partial charge in [0.1, 0.15) is 0 Å². The molecule has 11 heavy (non-hydrogen) atoms. The normalized spacial score (nSPS) is 9.45. The van der Waals surface area contributed by atoms with Crippen LogP contribution in [0.2, 0.25) is 0 Å². The van der Waals surface area contributed by atoms with Crippen molar-refractivity contribution in [1.29, 1.82) is 0 Å². The van der Waals surface area contributed by atoms with Gasteiger partial charge in [-0.1, -0.05) is 18.2 Å². The van der Waals surface area contributed by atoms with Gasteiger partial charge in [-0.25, -0.2) is 0 Å². The van der Waals surface area contributed by atoms with Gasteiger partial charge in [-0.3, -0.25) is 0 Å². The van der Waals surface area contributed by atoms with Crippen LogP contribution in [0, 0.1) is 0 Å². The van der Waals surface area contributed by atoms with Crippen molar-refractivity contribution < 1.29 is 0 Å². The number of nitrogens with zero attached hydrogens (tertiary/aromatic N) is 2. The second-order valence-electron chi connectivity index (χ2n) is 2.15. The Morgan fingerprint density at radius 1 is 1.27 bits per heavy atom. The average molecular weight is 167 g/mol. The van der Waals surface area contributed by atoms with Crippen LogP contribution in [0.3, 0.4) is 0 Å². The van der Waals surface area contributed by atoms with Gasteiger partial charge in [-0.05, 0) is 6.07 Å². The van der Waals surface area contributed by atoms with Crippen LogP contribution in [0.25, 0.3) is 10.9 Å². The summed E-state index contributed by atoms with van der Waals surface area (Å²) in [6.45, 7) is 0. The Labute approximate surface area is 109 Å². The minimum Gasteiger partial charge on any atom is -0.324 e. The van der Waals surface area contributed by atoms with E-state index in [4.69, 9.17) is 7.98 Å². The van der Waals surface area contributed by atoms with Gasteiger partial charge in [0.25, 0.3) is 7.98 Å². The van der Waals surface area contributed by atoms with E-state index in [0.29, 0.717) is 0 Å². The Morgan fingerprint density at radius 2 is 2.00 bits per heavy atom. The summed E-state index contributed by atoms with van der Waals surface area (Å²) in [6, 6.07) is 7.81. The van der Waals surface area contributed by atoms with Crippen LogP contribution in [0.1, 0.15) is 0 Å². The van der Waals surface area contributed by atoms with Gasteiger partial charge in [0.05, 0.1) is 11.7 Å². The van der Waals surface area contributed by atoms with E-state index in [1.165, 1.54) is 4.59 Å². The minimum absolute atomic E-state index is 0. The van der Waals surface area contributed by atoms with Crippen LogP contribution < -0.4 is 0 Å². The molecule has 2 nitrogen and oxygen atoms in total. The van der Waals surface area contributed by atoms with Gasteiger partial charge < -0.3 is 4.59 Å². The molecular formula is C7H5BKN2. The van der Waals surface area contributed by atoms with Crippen molar-refractivity contribution >= 4 is 70.3 Å². The first-order chi connectivity index (χ1) is 4.88. The summed E-state index contributed by atoms with van der Waals surface area (Å²) in [5.41, 5.74) is 0.961. The molecule has 0 saturated heterocycles. The zero-order chi connectivity index (χ0) is 6.97. The molecule has 1 aromatic heterocycles. The molecule has 3 radical (unpaired) electrons. The van der Waals surface area contributed by atoms with Gasteiger partial charge in [0.2, 0.25) is 0 Å². The van der Waals surface area contributed by atoms with Gasteiger partial charge in [-0.15, -0.1) is 0 Å². The Morgan fingerprint density at radius 3 is 2.73 bits per heavy atom. The number of benzene rings is 1. The van der Waals surface area contributed by atoms with Crippen molar-refractivity contribution in [1.82, 2.24) is 9.69 Å². The number of hydrogen-bond donors (Lipinski definition) is 0. The molecule has 0 bridgehead atoms. The molecule has 0 N–H and O–H groups in total. The topological polar surface area (TPSA) is 17.8 Å². The molecule has 0 atom stereocenters. The molecule has 0 spiro atoms. The molecule has 0 fully saturated rings. The molecule has 2 aromatic rings. The summed E-state index contributed by atoms with van der Waals surface area (Å²) in [7, 11) is 5.48. The summed E-state index contributed by atoms with van der Waals surface area (Å²) in [5.74, 6) is 0. The van der Waals surface area contributed by atoms with Crippen LogP contribution in [-0.4, -0.2) is 69.1 Å². The van der Waals surface area contributed by atoms with Gasteiger partial charge >= 0.3 is 0 Å². The van der Waals surface area contributed by atoms with Crippen molar-refractivity contribution in [2.24, 2.45) is 0 Å². The third-order valence-corrected chi connectivity index (χ3v) is 1.50. The summed E-state index contributed by atoms with van der Waals surface area (Å²) < 4.78 is 1.37. The van der Waals surface area contributed by atoms with E-state index >= 15 is 0 Å².